The van der Waals surface area contributed by atoms with Crippen LogP contribution in [0.1, 0.15) is 0 Å². The summed E-state index contributed by atoms with van der Waals surface area (Å²) in [4.78, 5) is 3.94. The van der Waals surface area contributed by atoms with Crippen molar-refractivity contribution in [1.82, 2.24) is 4.98 Å². The molecule has 3 aromatic rings. The van der Waals surface area contributed by atoms with Crippen LogP contribution in [0.3, 0.4) is 0 Å². The minimum Gasteiger partial charge on any atom is -0.422 e. The van der Waals surface area contributed by atoms with E-state index >= 15 is 0 Å². The van der Waals surface area contributed by atoms with Gasteiger partial charge in [-0.15, -0.1) is 0 Å². The molecule has 3 rings (SSSR count). The van der Waals surface area contributed by atoms with Gasteiger partial charge >= 0.3 is 7.12 Å². The summed E-state index contributed by atoms with van der Waals surface area (Å²) >= 11 is 0. The Morgan fingerprint density at radius 1 is 0.667 bits per heavy atom. The molecule has 0 radical (unpaired) electrons. The summed E-state index contributed by atoms with van der Waals surface area (Å²) in [5.74, 6) is 0. The lowest BCUT2D eigenvalue weighted by molar-refractivity contribution is 0.424. The van der Waals surface area contributed by atoms with Crippen molar-refractivity contribution in [2.45, 2.75) is 0 Å². The lowest BCUT2D eigenvalue weighted by atomic mass is 9.84. The van der Waals surface area contributed by atoms with Crippen LogP contribution >= 0.6 is 0 Å². The zero-order valence-corrected chi connectivity index (χ0v) is 11.3. The number of pyridine rings is 1. The van der Waals surface area contributed by atoms with E-state index in [2.05, 4.69) is 29.2 Å². The van der Waals surface area contributed by atoms with Gasteiger partial charge < -0.3 is 10.0 Å². The third-order valence-corrected chi connectivity index (χ3v) is 3.35. The van der Waals surface area contributed by atoms with Crippen LogP contribution in [0.15, 0.2) is 72.9 Å². The summed E-state index contributed by atoms with van der Waals surface area (Å²) in [5, 5.41) is 18.4. The summed E-state index contributed by atoms with van der Waals surface area (Å²) in [7, 11) is -1.55. The molecule has 4 heteroatoms. The summed E-state index contributed by atoms with van der Waals surface area (Å²) in [5.41, 5.74) is 4.44. The van der Waals surface area contributed by atoms with E-state index in [9.17, 15) is 10.0 Å². The molecule has 0 atom stereocenters. The summed E-state index contributed by atoms with van der Waals surface area (Å²) < 4.78 is 0. The number of hydrogen-bond acceptors (Lipinski definition) is 3. The average molecular weight is 275 g/mol. The molecule has 0 amide bonds. The molecule has 0 saturated heterocycles. The Morgan fingerprint density at radius 2 is 1.29 bits per heavy atom. The molecular formula is C17H14BNO2. The normalized spacial score (nSPS) is 10.4. The molecule has 0 unspecified atom stereocenters. The smallest absolute Gasteiger partial charge is 0.422 e. The van der Waals surface area contributed by atoms with Gasteiger partial charge in [-0.25, -0.2) is 0 Å². The highest BCUT2D eigenvalue weighted by Crippen LogP contribution is 2.25. The van der Waals surface area contributed by atoms with Crippen LogP contribution in [-0.2, 0) is 0 Å². The molecule has 2 aromatic carbocycles. The summed E-state index contributed by atoms with van der Waals surface area (Å²) in [6, 6.07) is 21.8. The zero-order valence-electron chi connectivity index (χ0n) is 11.3. The average Bonchev–Trinajstić information content (AvgIpc) is 2.56. The third kappa shape index (κ3) is 3.02. The van der Waals surface area contributed by atoms with Crippen molar-refractivity contribution < 1.29 is 10.0 Å². The molecule has 0 bridgehead atoms. The van der Waals surface area contributed by atoms with Crippen LogP contribution in [0.2, 0.25) is 0 Å². The molecule has 0 saturated carbocycles. The first-order valence-corrected chi connectivity index (χ1v) is 6.72. The molecule has 0 aliphatic heterocycles. The Hall–Kier alpha value is -2.43. The van der Waals surface area contributed by atoms with E-state index < -0.39 is 7.12 Å². The maximum atomic E-state index is 9.22. The van der Waals surface area contributed by atoms with Crippen molar-refractivity contribution in [1.29, 1.82) is 0 Å². The van der Waals surface area contributed by atoms with Crippen LogP contribution in [0, 0.1) is 0 Å². The second-order valence-electron chi connectivity index (χ2n) is 4.79. The van der Waals surface area contributed by atoms with Gasteiger partial charge in [0, 0.05) is 6.20 Å². The molecule has 0 fully saturated rings. The number of nitrogens with zero attached hydrogens (tertiary/aromatic N) is 1. The highest BCUT2D eigenvalue weighted by molar-refractivity contribution is 6.57. The molecule has 2 N–H and O–H groups in total. The number of benzene rings is 2. The first-order chi connectivity index (χ1) is 10.2. The number of aromatic nitrogens is 1. The number of rotatable bonds is 3. The van der Waals surface area contributed by atoms with E-state index in [1.165, 1.54) is 0 Å². The largest absolute Gasteiger partial charge is 0.508 e. The van der Waals surface area contributed by atoms with Gasteiger partial charge in [0.2, 0.25) is 0 Å². The molecule has 21 heavy (non-hydrogen) atoms. The van der Waals surface area contributed by atoms with E-state index in [0.717, 1.165) is 22.3 Å². The highest BCUT2D eigenvalue weighted by atomic mass is 16.4. The van der Waals surface area contributed by atoms with E-state index in [-0.39, 0.29) is 5.59 Å². The maximum Gasteiger partial charge on any atom is 0.508 e. The minimum atomic E-state index is -1.55. The van der Waals surface area contributed by atoms with Gasteiger partial charge in [0.1, 0.15) is 0 Å². The minimum absolute atomic E-state index is 0.248. The van der Waals surface area contributed by atoms with Gasteiger partial charge in [-0.05, 0) is 40.5 Å². The monoisotopic (exact) mass is 275 g/mol. The molecule has 102 valence electrons. The second-order valence-corrected chi connectivity index (χ2v) is 4.79. The van der Waals surface area contributed by atoms with Crippen molar-refractivity contribution in [2.75, 3.05) is 0 Å². The fourth-order valence-corrected chi connectivity index (χ4v) is 2.28. The van der Waals surface area contributed by atoms with Crippen molar-refractivity contribution in [3.8, 4) is 22.3 Å². The van der Waals surface area contributed by atoms with Crippen molar-refractivity contribution >= 4 is 12.7 Å². The van der Waals surface area contributed by atoms with Gasteiger partial charge in [-0.2, -0.15) is 0 Å². The molecular weight excluding hydrogens is 261 g/mol. The van der Waals surface area contributed by atoms with Gasteiger partial charge in [0.05, 0.1) is 5.59 Å². The molecule has 0 spiro atoms. The maximum absolute atomic E-state index is 9.22. The quantitative estimate of drug-likeness (QED) is 0.720. The van der Waals surface area contributed by atoms with Crippen molar-refractivity contribution in [3.63, 3.8) is 0 Å². The van der Waals surface area contributed by atoms with E-state index in [1.807, 2.05) is 36.4 Å². The Bertz CT molecular complexity index is 745. The topological polar surface area (TPSA) is 53.4 Å². The Morgan fingerprint density at radius 3 is 2.00 bits per heavy atom. The molecule has 3 nitrogen and oxygen atoms in total. The fourth-order valence-electron chi connectivity index (χ4n) is 2.28. The van der Waals surface area contributed by atoms with E-state index in [4.69, 9.17) is 0 Å². The molecule has 1 aromatic heterocycles. The Labute approximate surface area is 123 Å². The van der Waals surface area contributed by atoms with Crippen LogP contribution in [0.5, 0.6) is 0 Å². The lowest BCUT2D eigenvalue weighted by Crippen LogP contribution is -2.32. The predicted octanol–water partition coefficient (Wildman–Crippen LogP) is 2.10. The first-order valence-electron chi connectivity index (χ1n) is 6.72. The Kier molecular flexibility index (Phi) is 3.82. The lowest BCUT2D eigenvalue weighted by Gasteiger charge is -2.07. The fraction of sp³-hybridized carbons (Fsp3) is 0. The molecule has 1 heterocycles. The third-order valence-electron chi connectivity index (χ3n) is 3.35. The van der Waals surface area contributed by atoms with Crippen LogP contribution < -0.4 is 5.59 Å². The SMILES string of the molecule is OB(O)c1cc(-c2cccc(-c3ccccc3)c2)ccn1. The van der Waals surface area contributed by atoms with Crippen LogP contribution in [0.4, 0.5) is 0 Å². The van der Waals surface area contributed by atoms with Crippen molar-refractivity contribution in [2.24, 2.45) is 0 Å². The van der Waals surface area contributed by atoms with Crippen molar-refractivity contribution in [3.05, 3.63) is 72.9 Å². The summed E-state index contributed by atoms with van der Waals surface area (Å²) in [6.07, 6.45) is 1.58. The predicted molar refractivity (Wildman–Crippen MR) is 84.9 cm³/mol. The Balaban J connectivity index is 2.02. The van der Waals surface area contributed by atoms with Gasteiger partial charge in [-0.1, -0.05) is 48.5 Å². The molecule has 0 aliphatic rings. The van der Waals surface area contributed by atoms with Gasteiger partial charge in [0.15, 0.2) is 0 Å². The zero-order chi connectivity index (χ0) is 14.7. The highest BCUT2D eigenvalue weighted by Gasteiger charge is 2.13. The van der Waals surface area contributed by atoms with Gasteiger partial charge in [-0.3, -0.25) is 4.98 Å². The summed E-state index contributed by atoms with van der Waals surface area (Å²) in [6.45, 7) is 0. The standard InChI is InChI=1S/C17H14BNO2/c20-18(21)17-12-16(9-10-19-17)15-8-4-7-14(11-15)13-5-2-1-3-6-13/h1-12,20-21H. The second kappa shape index (κ2) is 5.91. The van der Waals surface area contributed by atoms with Crippen LogP contribution in [0.25, 0.3) is 22.3 Å². The number of hydrogen-bond donors (Lipinski definition) is 2. The molecule has 0 aliphatic carbocycles. The van der Waals surface area contributed by atoms with E-state index in [1.54, 1.807) is 12.3 Å². The van der Waals surface area contributed by atoms with Crippen LogP contribution in [-0.4, -0.2) is 22.2 Å². The van der Waals surface area contributed by atoms with E-state index in [0.29, 0.717) is 0 Å². The van der Waals surface area contributed by atoms with Gasteiger partial charge in [0.25, 0.3) is 0 Å². The first kappa shape index (κ1) is 13.6.